The van der Waals surface area contributed by atoms with E-state index in [2.05, 4.69) is 18.9 Å². The van der Waals surface area contributed by atoms with Gasteiger partial charge in [0.1, 0.15) is 0 Å². The van der Waals surface area contributed by atoms with Gasteiger partial charge in [-0.2, -0.15) is 0 Å². The number of hydrogen-bond donors (Lipinski definition) is 0. The lowest BCUT2D eigenvalue weighted by atomic mass is 10.3. The van der Waals surface area contributed by atoms with Crippen molar-refractivity contribution >= 4 is 0 Å². The zero-order valence-electron chi connectivity index (χ0n) is 3.73. The number of allylic oxidation sites excluding steroid dienone is 2. The summed E-state index contributed by atoms with van der Waals surface area (Å²) in [4.78, 5) is 0. The highest BCUT2D eigenvalue weighted by atomic mass is 14.2. The second kappa shape index (κ2) is 0.879. The van der Waals surface area contributed by atoms with Crippen molar-refractivity contribution in [2.24, 2.45) is 5.92 Å². The first-order valence-corrected chi connectivity index (χ1v) is 2.03. The third kappa shape index (κ3) is 0.328. The number of rotatable bonds is 0. The first-order valence-electron chi connectivity index (χ1n) is 2.03. The van der Waals surface area contributed by atoms with Gasteiger partial charge in [0.2, 0.25) is 0 Å². The number of terminal acetylenes is 1. The Balaban J connectivity index is 2.48. The minimum Gasteiger partial charge on any atom is -0.115 e. The smallest absolute Gasteiger partial charge is 0.00786 e. The largest absolute Gasteiger partial charge is 0.115 e. The summed E-state index contributed by atoms with van der Waals surface area (Å²) in [6.07, 6.45) is 7.08. The molecule has 0 amide bonds. The molecular weight excluding hydrogens is 72.1 g/mol. The molecule has 1 aliphatic rings. The third-order valence-electron chi connectivity index (χ3n) is 0.978. The van der Waals surface area contributed by atoms with Gasteiger partial charge in [0.15, 0.2) is 0 Å². The van der Waals surface area contributed by atoms with Gasteiger partial charge in [-0.1, -0.05) is 18.9 Å². The van der Waals surface area contributed by atoms with Gasteiger partial charge in [-0.05, 0) is 0 Å². The second-order valence-corrected chi connectivity index (χ2v) is 1.56. The van der Waals surface area contributed by atoms with Crippen LogP contribution >= 0.6 is 0 Å². The van der Waals surface area contributed by atoms with Crippen LogP contribution in [-0.2, 0) is 0 Å². The highest BCUT2D eigenvalue weighted by Crippen LogP contribution is 2.25. The van der Waals surface area contributed by atoms with E-state index in [9.17, 15) is 0 Å². The first-order chi connectivity index (χ1) is 2.84. The molecular formula is C6H6. The second-order valence-electron chi connectivity index (χ2n) is 1.56. The van der Waals surface area contributed by atoms with Gasteiger partial charge in [-0.25, -0.2) is 0 Å². The van der Waals surface area contributed by atoms with E-state index in [1.807, 2.05) is 0 Å². The molecule has 0 bridgehead atoms. The van der Waals surface area contributed by atoms with E-state index in [0.29, 0.717) is 5.92 Å². The monoisotopic (exact) mass is 78.0 g/mol. The van der Waals surface area contributed by atoms with Gasteiger partial charge in [-0.3, -0.25) is 0 Å². The molecule has 6 heavy (non-hydrogen) atoms. The molecule has 0 saturated heterocycles. The quantitative estimate of drug-likeness (QED) is 0.382. The molecule has 0 aromatic heterocycles. The molecule has 0 heteroatoms. The standard InChI is InChI=1S/C6H6/c1-3-6-4-5(6)2/h1,4-5H,2H3. The molecule has 0 aliphatic heterocycles. The molecule has 0 radical (unpaired) electrons. The molecule has 1 atom stereocenters. The lowest BCUT2D eigenvalue weighted by molar-refractivity contribution is 1.06. The molecule has 0 saturated carbocycles. The Morgan fingerprint density at radius 3 is 2.50 bits per heavy atom. The summed E-state index contributed by atoms with van der Waals surface area (Å²) in [6, 6.07) is 0. The molecule has 0 aromatic rings. The average molecular weight is 78.1 g/mol. The molecule has 1 rings (SSSR count). The molecule has 0 fully saturated rings. The maximum atomic E-state index is 5.01. The van der Waals surface area contributed by atoms with Crippen LogP contribution in [0.1, 0.15) is 6.92 Å². The zero-order valence-corrected chi connectivity index (χ0v) is 3.73. The van der Waals surface area contributed by atoms with E-state index in [1.54, 1.807) is 0 Å². The molecule has 0 aromatic carbocycles. The van der Waals surface area contributed by atoms with Crippen LogP contribution in [0.4, 0.5) is 0 Å². The lowest BCUT2D eigenvalue weighted by Gasteiger charge is -1.69. The van der Waals surface area contributed by atoms with Crippen molar-refractivity contribution in [1.82, 2.24) is 0 Å². The van der Waals surface area contributed by atoms with E-state index in [1.165, 1.54) is 0 Å². The van der Waals surface area contributed by atoms with E-state index < -0.39 is 0 Å². The van der Waals surface area contributed by atoms with E-state index in [-0.39, 0.29) is 0 Å². The first kappa shape index (κ1) is 3.49. The average Bonchev–Trinajstić information content (AvgIpc) is 2.19. The van der Waals surface area contributed by atoms with Crippen LogP contribution < -0.4 is 0 Å². The van der Waals surface area contributed by atoms with Crippen molar-refractivity contribution < 1.29 is 0 Å². The fraction of sp³-hybridized carbons (Fsp3) is 0.333. The van der Waals surface area contributed by atoms with Crippen molar-refractivity contribution in [3.05, 3.63) is 11.6 Å². The molecule has 1 aliphatic carbocycles. The van der Waals surface area contributed by atoms with E-state index >= 15 is 0 Å². The van der Waals surface area contributed by atoms with Gasteiger partial charge in [0.25, 0.3) is 0 Å². The SMILES string of the molecule is C#CC1=CC1C. The van der Waals surface area contributed by atoms with Crippen LogP contribution in [0.15, 0.2) is 11.6 Å². The van der Waals surface area contributed by atoms with Crippen molar-refractivity contribution in [2.75, 3.05) is 0 Å². The molecule has 30 valence electrons. The van der Waals surface area contributed by atoms with Gasteiger partial charge >= 0.3 is 0 Å². The van der Waals surface area contributed by atoms with E-state index in [4.69, 9.17) is 6.42 Å². The zero-order chi connectivity index (χ0) is 4.57. The summed E-state index contributed by atoms with van der Waals surface area (Å²) in [6.45, 7) is 2.09. The lowest BCUT2D eigenvalue weighted by Crippen LogP contribution is -1.61. The Kier molecular flexibility index (Phi) is 0.511. The van der Waals surface area contributed by atoms with Crippen LogP contribution in [0, 0.1) is 18.3 Å². The van der Waals surface area contributed by atoms with Crippen LogP contribution in [-0.4, -0.2) is 0 Å². The highest BCUT2D eigenvalue weighted by Gasteiger charge is 2.14. The molecule has 0 heterocycles. The van der Waals surface area contributed by atoms with E-state index in [0.717, 1.165) is 5.57 Å². The molecule has 1 unspecified atom stereocenters. The Bertz CT molecular complexity index is 123. The van der Waals surface area contributed by atoms with Gasteiger partial charge in [-0.15, -0.1) is 6.42 Å². The van der Waals surface area contributed by atoms with Gasteiger partial charge in [0, 0.05) is 11.5 Å². The summed E-state index contributed by atoms with van der Waals surface area (Å²) < 4.78 is 0. The van der Waals surface area contributed by atoms with Crippen molar-refractivity contribution in [2.45, 2.75) is 6.92 Å². The Morgan fingerprint density at radius 2 is 2.50 bits per heavy atom. The number of hydrogen-bond acceptors (Lipinski definition) is 0. The normalized spacial score (nSPS) is 28.0. The van der Waals surface area contributed by atoms with Crippen molar-refractivity contribution in [1.29, 1.82) is 0 Å². The summed E-state index contributed by atoms with van der Waals surface area (Å²) in [5, 5.41) is 0. The Morgan fingerprint density at radius 1 is 2.00 bits per heavy atom. The predicted molar refractivity (Wildman–Crippen MR) is 26.1 cm³/mol. The van der Waals surface area contributed by atoms with Crippen LogP contribution in [0.5, 0.6) is 0 Å². The topological polar surface area (TPSA) is 0 Å². The maximum absolute atomic E-state index is 5.01. The highest BCUT2D eigenvalue weighted by molar-refractivity contribution is 5.42. The van der Waals surface area contributed by atoms with Crippen molar-refractivity contribution in [3.8, 4) is 12.3 Å². The fourth-order valence-corrected chi connectivity index (χ4v) is 0.401. The Labute approximate surface area is 37.9 Å². The van der Waals surface area contributed by atoms with Crippen LogP contribution in [0.25, 0.3) is 0 Å². The minimum absolute atomic E-state index is 0.620. The molecule has 0 spiro atoms. The summed E-state index contributed by atoms with van der Waals surface area (Å²) in [5.41, 5.74) is 1.16. The molecule has 0 N–H and O–H groups in total. The Hall–Kier alpha value is -0.700. The van der Waals surface area contributed by atoms with Crippen LogP contribution in [0.2, 0.25) is 0 Å². The summed E-state index contributed by atoms with van der Waals surface area (Å²) in [5.74, 6) is 3.17. The maximum Gasteiger partial charge on any atom is 0.00786 e. The predicted octanol–water partition coefficient (Wildman–Crippen LogP) is 1.20. The third-order valence-corrected chi connectivity index (χ3v) is 0.978. The van der Waals surface area contributed by atoms with Crippen molar-refractivity contribution in [3.63, 3.8) is 0 Å². The van der Waals surface area contributed by atoms with Gasteiger partial charge in [0.05, 0.1) is 0 Å². The molecule has 0 nitrogen and oxygen atoms in total. The minimum atomic E-state index is 0.620. The van der Waals surface area contributed by atoms with Gasteiger partial charge < -0.3 is 0 Å². The summed E-state index contributed by atoms with van der Waals surface area (Å²) >= 11 is 0. The summed E-state index contributed by atoms with van der Waals surface area (Å²) in [7, 11) is 0. The fourth-order valence-electron chi connectivity index (χ4n) is 0.401. The van der Waals surface area contributed by atoms with Crippen LogP contribution in [0.3, 0.4) is 0 Å².